The van der Waals surface area contributed by atoms with Crippen LogP contribution in [0.5, 0.6) is 0 Å². The van der Waals surface area contributed by atoms with Crippen molar-refractivity contribution in [2.75, 3.05) is 4.90 Å². The van der Waals surface area contributed by atoms with Crippen molar-refractivity contribution in [3.05, 3.63) is 211 Å². The molecule has 9 rings (SSSR count). The second kappa shape index (κ2) is 13.0. The monoisotopic (exact) mass is 680 g/mol. The van der Waals surface area contributed by atoms with Gasteiger partial charge in [-0.1, -0.05) is 165 Å². The summed E-state index contributed by atoms with van der Waals surface area (Å²) in [5.41, 5.74) is 8.04. The summed E-state index contributed by atoms with van der Waals surface area (Å²) in [6.45, 7) is 4.42. The number of nitrogens with zero attached hydrogens (tertiary/aromatic N) is 1. The molecule has 0 amide bonds. The van der Waals surface area contributed by atoms with Gasteiger partial charge in [-0.2, -0.15) is 0 Å². The van der Waals surface area contributed by atoms with Crippen molar-refractivity contribution in [2.45, 2.75) is 19.3 Å². The van der Waals surface area contributed by atoms with Gasteiger partial charge in [-0.25, -0.2) is 0 Å². The minimum atomic E-state index is -0.599. The number of hydrogen-bond acceptors (Lipinski definition) is 1. The van der Waals surface area contributed by atoms with Gasteiger partial charge in [-0.05, 0) is 115 Å². The zero-order valence-electron chi connectivity index (χ0n) is 43.3. The van der Waals surface area contributed by atoms with E-state index in [2.05, 4.69) is 44.2 Å². The molecule has 1 aliphatic carbocycles. The standard InChI is InChI=1S/C51H39N/c1-51(2)49-21-13-12-20-47(49)48-31-26-41(35-50(48)51)40-24-29-45(30-25-40)52(44-27-22-39(23-28-44)36-14-6-3-7-15-36)46-33-42(37-16-8-4-9-17-37)32-43(34-46)38-18-10-5-11-19-38/h3-35H,1-2H3/i3D,4D,5D,6D,7D,8D,9D,10D,11D,14D,15D,16D,17D,18D,19D. The summed E-state index contributed by atoms with van der Waals surface area (Å²) in [5.74, 6) is 0. The van der Waals surface area contributed by atoms with Gasteiger partial charge in [-0.3, -0.25) is 0 Å². The lowest BCUT2D eigenvalue weighted by Crippen LogP contribution is -2.14. The molecule has 0 aromatic heterocycles. The maximum atomic E-state index is 8.92. The van der Waals surface area contributed by atoms with Crippen LogP contribution in [-0.4, -0.2) is 0 Å². The molecule has 248 valence electrons. The van der Waals surface area contributed by atoms with E-state index < -0.39 is 78.6 Å². The Morgan fingerprint density at radius 3 is 1.35 bits per heavy atom. The molecule has 0 aliphatic heterocycles. The molecule has 0 saturated carbocycles. The summed E-state index contributed by atoms with van der Waals surface area (Å²) in [6.07, 6.45) is 0. The van der Waals surface area contributed by atoms with Crippen molar-refractivity contribution >= 4 is 17.1 Å². The van der Waals surface area contributed by atoms with Crippen molar-refractivity contribution in [1.82, 2.24) is 0 Å². The number of rotatable bonds is 7. The lowest BCUT2D eigenvalue weighted by atomic mass is 9.81. The molecule has 0 N–H and O–H groups in total. The third-order valence-corrected chi connectivity index (χ3v) is 9.71. The first kappa shape index (κ1) is 19.2. The fourth-order valence-corrected chi connectivity index (χ4v) is 7.12. The molecule has 0 fully saturated rings. The Balaban J connectivity index is 1.27. The molecule has 1 nitrogen and oxygen atoms in total. The predicted octanol–water partition coefficient (Wildman–Crippen LogP) is 14.1. The van der Waals surface area contributed by atoms with E-state index in [0.717, 1.165) is 11.1 Å². The van der Waals surface area contributed by atoms with Crippen LogP contribution in [0.15, 0.2) is 200 Å². The highest BCUT2D eigenvalue weighted by molar-refractivity contribution is 5.87. The topological polar surface area (TPSA) is 3.24 Å². The van der Waals surface area contributed by atoms with Crippen molar-refractivity contribution in [3.8, 4) is 55.6 Å². The zero-order chi connectivity index (χ0) is 48.1. The van der Waals surface area contributed by atoms with E-state index in [1.165, 1.54) is 28.3 Å². The van der Waals surface area contributed by atoms with E-state index in [9.17, 15) is 0 Å². The first-order valence-corrected chi connectivity index (χ1v) is 16.9. The molecule has 0 saturated heterocycles. The van der Waals surface area contributed by atoms with E-state index in [4.69, 9.17) is 20.6 Å². The molecule has 0 bridgehead atoms. The van der Waals surface area contributed by atoms with Crippen molar-refractivity contribution < 1.29 is 20.6 Å². The Morgan fingerprint density at radius 1 is 0.365 bits per heavy atom. The zero-order valence-corrected chi connectivity index (χ0v) is 28.3. The van der Waals surface area contributed by atoms with Crippen LogP contribution in [0.4, 0.5) is 17.1 Å². The van der Waals surface area contributed by atoms with E-state index in [-0.39, 0.29) is 45.3 Å². The summed E-state index contributed by atoms with van der Waals surface area (Å²) >= 11 is 0. The third kappa shape index (κ3) is 5.71. The van der Waals surface area contributed by atoms with Crippen LogP contribution in [0.2, 0.25) is 0 Å². The minimum Gasteiger partial charge on any atom is -0.310 e. The van der Waals surface area contributed by atoms with Gasteiger partial charge in [0.15, 0.2) is 0 Å². The largest absolute Gasteiger partial charge is 0.310 e. The summed E-state index contributed by atoms with van der Waals surface area (Å²) in [6, 6.07) is 25.9. The van der Waals surface area contributed by atoms with Gasteiger partial charge in [-0.15, -0.1) is 0 Å². The minimum absolute atomic E-state index is 0.000677. The van der Waals surface area contributed by atoms with Gasteiger partial charge < -0.3 is 4.90 Å². The quantitative estimate of drug-likeness (QED) is 0.162. The molecule has 52 heavy (non-hydrogen) atoms. The second-order valence-electron chi connectivity index (χ2n) is 13.1. The lowest BCUT2D eigenvalue weighted by molar-refractivity contribution is 0.660. The lowest BCUT2D eigenvalue weighted by Gasteiger charge is -2.27. The fraction of sp³-hybridized carbons (Fsp3) is 0.0588. The van der Waals surface area contributed by atoms with Gasteiger partial charge in [0.2, 0.25) is 0 Å². The smallest absolute Gasteiger partial charge is 0.0629 e. The Bertz CT molecular complexity index is 3210. The highest BCUT2D eigenvalue weighted by atomic mass is 15.1. The molecule has 8 aromatic carbocycles. The van der Waals surface area contributed by atoms with E-state index in [0.29, 0.717) is 22.6 Å². The van der Waals surface area contributed by atoms with E-state index in [1.807, 2.05) is 36.4 Å². The van der Waals surface area contributed by atoms with Gasteiger partial charge in [0.1, 0.15) is 0 Å². The first-order valence-electron chi connectivity index (χ1n) is 24.4. The predicted molar refractivity (Wildman–Crippen MR) is 220 cm³/mol. The molecule has 0 unspecified atom stereocenters. The average Bonchev–Trinajstić information content (AvgIpc) is 3.56. The van der Waals surface area contributed by atoms with Crippen LogP contribution < -0.4 is 4.90 Å². The van der Waals surface area contributed by atoms with Crippen molar-refractivity contribution in [1.29, 1.82) is 0 Å². The molecule has 0 spiro atoms. The van der Waals surface area contributed by atoms with E-state index in [1.54, 1.807) is 41.3 Å². The summed E-state index contributed by atoms with van der Waals surface area (Å²) < 4.78 is 128. The average molecular weight is 681 g/mol. The SMILES string of the molecule is [2H]c1c([2H])c([2H])c(-c2ccc(N(c3ccc(-c4ccc5c(c4)C(C)(C)c4ccccc4-5)cc3)c3cc(-c4c([2H])c([2H])c([2H])c([2H])c4[2H])cc(-c4c([2H])c([2H])c([2H])c([2H])c4[2H])c3)cc2)c([2H])c1[2H]. The second-order valence-corrected chi connectivity index (χ2v) is 13.1. The number of benzene rings is 8. The van der Waals surface area contributed by atoms with Gasteiger partial charge in [0.25, 0.3) is 0 Å². The summed E-state index contributed by atoms with van der Waals surface area (Å²) in [7, 11) is 0. The molecule has 1 heteroatoms. The van der Waals surface area contributed by atoms with Crippen LogP contribution >= 0.6 is 0 Å². The van der Waals surface area contributed by atoms with Crippen LogP contribution in [-0.2, 0) is 5.41 Å². The van der Waals surface area contributed by atoms with Gasteiger partial charge in [0.05, 0.1) is 20.6 Å². The Labute approximate surface area is 328 Å². The summed E-state index contributed by atoms with van der Waals surface area (Å²) in [5, 5.41) is 0. The molecule has 0 radical (unpaired) electrons. The molecule has 0 heterocycles. The van der Waals surface area contributed by atoms with Crippen LogP contribution in [0.25, 0.3) is 55.6 Å². The molecule has 0 atom stereocenters. The highest BCUT2D eigenvalue weighted by Crippen LogP contribution is 2.49. The number of fused-ring (bicyclic) bond motifs is 3. The highest BCUT2D eigenvalue weighted by Gasteiger charge is 2.35. The van der Waals surface area contributed by atoms with Crippen LogP contribution in [0.1, 0.15) is 45.5 Å². The normalized spacial score (nSPS) is 16.6. The first-order chi connectivity index (χ1) is 31.7. The number of hydrogen-bond donors (Lipinski definition) is 0. The fourth-order valence-electron chi connectivity index (χ4n) is 7.12. The van der Waals surface area contributed by atoms with Gasteiger partial charge in [0, 0.05) is 22.5 Å². The Morgan fingerprint density at radius 2 is 0.808 bits per heavy atom. The Hall–Kier alpha value is -6.44. The number of anilines is 3. The molecular formula is C51H39N. The van der Waals surface area contributed by atoms with Crippen LogP contribution in [0, 0.1) is 0 Å². The van der Waals surface area contributed by atoms with Crippen molar-refractivity contribution in [2.24, 2.45) is 0 Å². The maximum Gasteiger partial charge on any atom is 0.0629 e. The molecular weight excluding hydrogens is 627 g/mol. The maximum absolute atomic E-state index is 8.92. The van der Waals surface area contributed by atoms with Gasteiger partial charge >= 0.3 is 0 Å². The van der Waals surface area contributed by atoms with Crippen LogP contribution in [0.3, 0.4) is 0 Å². The van der Waals surface area contributed by atoms with E-state index >= 15 is 0 Å². The summed E-state index contributed by atoms with van der Waals surface area (Å²) in [4.78, 5) is 1.79. The molecule has 8 aromatic rings. The molecule has 1 aliphatic rings. The Kier molecular flexibility index (Phi) is 4.82. The third-order valence-electron chi connectivity index (χ3n) is 9.71. The van der Waals surface area contributed by atoms with Crippen molar-refractivity contribution in [3.63, 3.8) is 0 Å².